The highest BCUT2D eigenvalue weighted by Gasteiger charge is 2.15. The molecule has 0 radical (unpaired) electrons. The Hall–Kier alpha value is -2.86. The summed E-state index contributed by atoms with van der Waals surface area (Å²) in [6, 6.07) is 9.94. The Morgan fingerprint density at radius 3 is 2.78 bits per heavy atom. The number of primary amides is 1. The Kier molecular flexibility index (Phi) is 5.46. The van der Waals surface area contributed by atoms with Crippen molar-refractivity contribution in [3.8, 4) is 11.1 Å². The van der Waals surface area contributed by atoms with Gasteiger partial charge in [0.15, 0.2) is 0 Å². The molecule has 0 spiro atoms. The fraction of sp³-hybridized carbons (Fsp3) is 0.200. The maximum absolute atomic E-state index is 13.5. The summed E-state index contributed by atoms with van der Waals surface area (Å²) in [5.74, 6) is -0.214. The minimum absolute atomic E-state index is 0.213. The van der Waals surface area contributed by atoms with E-state index >= 15 is 0 Å². The van der Waals surface area contributed by atoms with Crippen LogP contribution in [0.4, 0.5) is 10.2 Å². The van der Waals surface area contributed by atoms with Gasteiger partial charge in [0.05, 0.1) is 5.02 Å². The van der Waals surface area contributed by atoms with Gasteiger partial charge in [0.25, 0.3) is 5.91 Å². The molecular formula is C20H20ClFN4O. The molecule has 0 saturated carbocycles. The molecule has 3 N–H and O–H groups in total. The summed E-state index contributed by atoms with van der Waals surface area (Å²) in [5, 5.41) is 3.68. The van der Waals surface area contributed by atoms with Crippen LogP contribution in [0.15, 0.2) is 48.8 Å². The number of carbonyl (C=O) groups excluding carboxylic acids is 1. The summed E-state index contributed by atoms with van der Waals surface area (Å²) in [6.45, 7) is 4.34. The van der Waals surface area contributed by atoms with Crippen LogP contribution in [0.3, 0.4) is 0 Å². The smallest absolute Gasteiger partial charge is 0.265 e. The molecule has 3 rings (SSSR count). The maximum atomic E-state index is 13.5. The van der Waals surface area contributed by atoms with E-state index in [9.17, 15) is 9.18 Å². The van der Waals surface area contributed by atoms with E-state index in [2.05, 4.69) is 10.3 Å². The molecule has 3 aromatic rings. The third-order valence-corrected chi connectivity index (χ3v) is 4.30. The number of nitrogens with one attached hydrogen (secondary N) is 1. The summed E-state index contributed by atoms with van der Waals surface area (Å²) in [4.78, 5) is 16.2. The molecule has 0 atom stereocenters. The van der Waals surface area contributed by atoms with E-state index in [-0.39, 0.29) is 11.9 Å². The Morgan fingerprint density at radius 1 is 1.33 bits per heavy atom. The molecular weight excluding hydrogens is 367 g/mol. The predicted octanol–water partition coefficient (Wildman–Crippen LogP) is 4.31. The Morgan fingerprint density at radius 2 is 2.11 bits per heavy atom. The predicted molar refractivity (Wildman–Crippen MR) is 105 cm³/mol. The van der Waals surface area contributed by atoms with Gasteiger partial charge in [0.1, 0.15) is 17.3 Å². The molecule has 2 aromatic heterocycles. The Balaban J connectivity index is 2.01. The second-order valence-corrected chi connectivity index (χ2v) is 6.99. The van der Waals surface area contributed by atoms with Gasteiger partial charge in [-0.2, -0.15) is 0 Å². The van der Waals surface area contributed by atoms with Crippen molar-refractivity contribution in [1.29, 1.82) is 0 Å². The third-order valence-electron chi connectivity index (χ3n) is 3.99. The summed E-state index contributed by atoms with van der Waals surface area (Å²) in [6.07, 6.45) is 3.35. The third kappa shape index (κ3) is 4.46. The lowest BCUT2D eigenvalue weighted by atomic mass is 10.1. The quantitative estimate of drug-likeness (QED) is 0.663. The number of anilines is 1. The summed E-state index contributed by atoms with van der Waals surface area (Å²) in [7, 11) is 0. The molecule has 0 aliphatic rings. The van der Waals surface area contributed by atoms with Gasteiger partial charge in [-0.05, 0) is 43.7 Å². The fourth-order valence-corrected chi connectivity index (χ4v) is 3.07. The van der Waals surface area contributed by atoms with Gasteiger partial charge >= 0.3 is 0 Å². The van der Waals surface area contributed by atoms with Crippen LogP contribution in [0.2, 0.25) is 5.02 Å². The van der Waals surface area contributed by atoms with E-state index in [0.717, 1.165) is 16.7 Å². The van der Waals surface area contributed by atoms with Crippen molar-refractivity contribution in [2.75, 3.05) is 5.32 Å². The number of hydrogen-bond acceptors (Lipinski definition) is 3. The first-order chi connectivity index (χ1) is 12.8. The van der Waals surface area contributed by atoms with Crippen LogP contribution in [0.5, 0.6) is 0 Å². The topological polar surface area (TPSA) is 72.9 Å². The number of amides is 1. The molecule has 0 aliphatic carbocycles. The van der Waals surface area contributed by atoms with Crippen LogP contribution in [-0.2, 0) is 6.54 Å². The molecule has 0 unspecified atom stereocenters. The van der Waals surface area contributed by atoms with Crippen LogP contribution in [-0.4, -0.2) is 21.5 Å². The molecule has 0 fully saturated rings. The number of nitrogens with two attached hydrogens (primary N) is 1. The lowest BCUT2D eigenvalue weighted by Gasteiger charge is -2.11. The number of benzene rings is 1. The zero-order valence-electron chi connectivity index (χ0n) is 15.0. The van der Waals surface area contributed by atoms with Crippen molar-refractivity contribution < 1.29 is 9.18 Å². The average Bonchev–Trinajstić information content (AvgIpc) is 3.00. The highest BCUT2D eigenvalue weighted by molar-refractivity contribution is 6.33. The number of halogens is 2. The first kappa shape index (κ1) is 18.9. The summed E-state index contributed by atoms with van der Waals surface area (Å²) < 4.78 is 15.2. The minimum atomic E-state index is -0.566. The highest BCUT2D eigenvalue weighted by Crippen LogP contribution is 2.31. The fourth-order valence-electron chi connectivity index (χ4n) is 2.86. The second kappa shape index (κ2) is 7.80. The molecule has 5 nitrogen and oxygen atoms in total. The van der Waals surface area contributed by atoms with Crippen molar-refractivity contribution in [2.45, 2.75) is 26.4 Å². The van der Waals surface area contributed by atoms with Gasteiger partial charge in [0.2, 0.25) is 0 Å². The van der Waals surface area contributed by atoms with E-state index in [1.807, 2.05) is 19.9 Å². The first-order valence-corrected chi connectivity index (χ1v) is 8.88. The molecule has 1 aromatic carbocycles. The normalized spacial score (nSPS) is 11.0. The lowest BCUT2D eigenvalue weighted by molar-refractivity contribution is 0.0992. The van der Waals surface area contributed by atoms with E-state index in [0.29, 0.717) is 23.1 Å². The van der Waals surface area contributed by atoms with Crippen LogP contribution in [0.1, 0.15) is 29.9 Å². The molecule has 2 heterocycles. The first-order valence-electron chi connectivity index (χ1n) is 8.50. The molecule has 0 bridgehead atoms. The lowest BCUT2D eigenvalue weighted by Crippen LogP contribution is -2.16. The van der Waals surface area contributed by atoms with Crippen LogP contribution in [0.25, 0.3) is 11.1 Å². The minimum Gasteiger partial charge on any atom is -0.368 e. The van der Waals surface area contributed by atoms with Gasteiger partial charge in [-0.15, -0.1) is 0 Å². The molecule has 1 amide bonds. The number of aromatic nitrogens is 2. The van der Waals surface area contributed by atoms with Crippen molar-refractivity contribution >= 4 is 23.3 Å². The van der Waals surface area contributed by atoms with Gasteiger partial charge in [-0.1, -0.05) is 23.7 Å². The van der Waals surface area contributed by atoms with E-state index in [1.165, 1.54) is 12.1 Å². The SMILES string of the molecule is CC(C)Nc1cc(-c2cc(C(N)=O)n(Cc3cccc(F)c3)c2)c(Cl)cn1. The molecule has 0 aliphatic heterocycles. The molecule has 7 heteroatoms. The Labute approximate surface area is 162 Å². The van der Waals surface area contributed by atoms with Gasteiger partial charge in [-0.3, -0.25) is 4.79 Å². The van der Waals surface area contributed by atoms with E-state index < -0.39 is 5.91 Å². The van der Waals surface area contributed by atoms with Gasteiger partial charge in [0, 0.05) is 36.1 Å². The molecule has 27 heavy (non-hydrogen) atoms. The van der Waals surface area contributed by atoms with Crippen molar-refractivity contribution in [3.05, 3.63) is 70.9 Å². The summed E-state index contributed by atoms with van der Waals surface area (Å²) in [5.41, 5.74) is 8.04. The monoisotopic (exact) mass is 386 g/mol. The Bertz CT molecular complexity index is 984. The number of hydrogen-bond donors (Lipinski definition) is 2. The van der Waals surface area contributed by atoms with Crippen LogP contribution in [0, 0.1) is 5.82 Å². The zero-order valence-corrected chi connectivity index (χ0v) is 15.8. The highest BCUT2D eigenvalue weighted by atomic mass is 35.5. The van der Waals surface area contributed by atoms with Crippen molar-refractivity contribution in [1.82, 2.24) is 9.55 Å². The number of carbonyl (C=O) groups is 1. The molecule has 0 saturated heterocycles. The molecule has 140 valence electrons. The number of nitrogens with zero attached hydrogens (tertiary/aromatic N) is 2. The van der Waals surface area contributed by atoms with E-state index in [4.69, 9.17) is 17.3 Å². The second-order valence-electron chi connectivity index (χ2n) is 6.58. The standard InChI is InChI=1S/C20H20ClFN4O/c1-12(2)25-19-8-16(17(21)9-24-19)14-7-18(20(23)27)26(11-14)10-13-4-3-5-15(22)6-13/h3-9,11-12H,10H2,1-2H3,(H2,23,27)(H,24,25). The number of pyridine rings is 1. The zero-order chi connectivity index (χ0) is 19.6. The van der Waals surface area contributed by atoms with Crippen molar-refractivity contribution in [3.63, 3.8) is 0 Å². The summed E-state index contributed by atoms with van der Waals surface area (Å²) >= 11 is 6.32. The van der Waals surface area contributed by atoms with Crippen LogP contribution < -0.4 is 11.1 Å². The van der Waals surface area contributed by atoms with E-state index in [1.54, 1.807) is 35.2 Å². The largest absolute Gasteiger partial charge is 0.368 e. The van der Waals surface area contributed by atoms with Crippen LogP contribution >= 0.6 is 11.6 Å². The average molecular weight is 387 g/mol. The number of rotatable bonds is 6. The van der Waals surface area contributed by atoms with Crippen molar-refractivity contribution in [2.24, 2.45) is 5.73 Å². The van der Waals surface area contributed by atoms with Gasteiger partial charge < -0.3 is 15.6 Å². The maximum Gasteiger partial charge on any atom is 0.265 e. The van der Waals surface area contributed by atoms with Gasteiger partial charge in [-0.25, -0.2) is 9.37 Å².